The number of nitrogens with zero attached hydrogens (tertiary/aromatic N) is 1. The van der Waals surface area contributed by atoms with Gasteiger partial charge in [0.1, 0.15) is 11.6 Å². The number of anilines is 1. The van der Waals surface area contributed by atoms with Crippen molar-refractivity contribution in [3.63, 3.8) is 0 Å². The molecular weight excluding hydrogens is 283 g/mol. The van der Waals surface area contributed by atoms with Gasteiger partial charge in [-0.2, -0.15) is 0 Å². The minimum atomic E-state index is -0.231. The molecule has 0 spiro atoms. The van der Waals surface area contributed by atoms with Crippen molar-refractivity contribution < 1.29 is 4.39 Å². The number of pyridine rings is 1. The molecule has 0 amide bonds. The van der Waals surface area contributed by atoms with Crippen molar-refractivity contribution in [1.82, 2.24) is 4.98 Å². The second-order valence-corrected chi connectivity index (χ2v) is 5.36. The molecule has 0 bridgehead atoms. The summed E-state index contributed by atoms with van der Waals surface area (Å²) in [4.78, 5) is 5.31. The van der Waals surface area contributed by atoms with Crippen molar-refractivity contribution in [3.05, 3.63) is 52.9 Å². The van der Waals surface area contributed by atoms with Crippen LogP contribution in [-0.2, 0) is 5.75 Å². The summed E-state index contributed by atoms with van der Waals surface area (Å²) in [6.07, 6.45) is 0. The fraction of sp³-hybridized carbons (Fsp3) is 0.214. The van der Waals surface area contributed by atoms with Gasteiger partial charge in [-0.25, -0.2) is 9.37 Å². The Bertz CT molecular complexity index is 563. The maximum absolute atomic E-state index is 13.1. The molecule has 0 atom stereocenters. The molecule has 0 aliphatic carbocycles. The van der Waals surface area contributed by atoms with Crippen LogP contribution >= 0.6 is 23.4 Å². The first kappa shape index (κ1) is 14.2. The number of rotatable bonds is 5. The minimum Gasteiger partial charge on any atom is -0.370 e. The van der Waals surface area contributed by atoms with Gasteiger partial charge in [0.25, 0.3) is 0 Å². The average molecular weight is 297 g/mol. The van der Waals surface area contributed by atoms with Crippen LogP contribution in [0.5, 0.6) is 0 Å². The van der Waals surface area contributed by atoms with Crippen molar-refractivity contribution in [2.45, 2.75) is 17.6 Å². The molecule has 0 radical (unpaired) electrons. The lowest BCUT2D eigenvalue weighted by Crippen LogP contribution is -2.01. The maximum Gasteiger partial charge on any atom is 0.126 e. The van der Waals surface area contributed by atoms with Crippen LogP contribution in [0.2, 0.25) is 5.02 Å². The molecule has 0 aliphatic rings. The van der Waals surface area contributed by atoms with E-state index < -0.39 is 0 Å². The molecule has 2 rings (SSSR count). The van der Waals surface area contributed by atoms with Crippen LogP contribution < -0.4 is 5.32 Å². The molecule has 0 unspecified atom stereocenters. The van der Waals surface area contributed by atoms with Gasteiger partial charge in [-0.3, -0.25) is 0 Å². The SMILES string of the molecule is CCNc1ccc(Cl)c(CSc2cccc(F)c2)n1. The monoisotopic (exact) mass is 296 g/mol. The van der Waals surface area contributed by atoms with Crippen molar-refractivity contribution in [2.24, 2.45) is 0 Å². The molecule has 1 aromatic carbocycles. The molecule has 5 heteroatoms. The van der Waals surface area contributed by atoms with Gasteiger partial charge in [0.2, 0.25) is 0 Å². The van der Waals surface area contributed by atoms with Gasteiger partial charge in [-0.1, -0.05) is 17.7 Å². The largest absolute Gasteiger partial charge is 0.370 e. The topological polar surface area (TPSA) is 24.9 Å². The highest BCUT2D eigenvalue weighted by Crippen LogP contribution is 2.26. The molecule has 100 valence electrons. The van der Waals surface area contributed by atoms with E-state index in [1.165, 1.54) is 23.9 Å². The molecule has 0 saturated heterocycles. The zero-order chi connectivity index (χ0) is 13.7. The van der Waals surface area contributed by atoms with Crippen LogP contribution in [0.3, 0.4) is 0 Å². The smallest absolute Gasteiger partial charge is 0.126 e. The summed E-state index contributed by atoms with van der Waals surface area (Å²) < 4.78 is 13.1. The summed E-state index contributed by atoms with van der Waals surface area (Å²) in [5.74, 6) is 1.19. The van der Waals surface area contributed by atoms with Crippen LogP contribution in [0.25, 0.3) is 0 Å². The first-order valence-electron chi connectivity index (χ1n) is 5.96. The predicted octanol–water partition coefficient (Wildman–Crippen LogP) is 4.60. The molecule has 1 aromatic heterocycles. The highest BCUT2D eigenvalue weighted by molar-refractivity contribution is 7.98. The highest BCUT2D eigenvalue weighted by atomic mass is 35.5. The van der Waals surface area contributed by atoms with E-state index in [4.69, 9.17) is 11.6 Å². The molecule has 2 aromatic rings. The lowest BCUT2D eigenvalue weighted by atomic mass is 10.3. The number of nitrogens with one attached hydrogen (secondary N) is 1. The molecule has 1 heterocycles. The second kappa shape index (κ2) is 6.78. The third kappa shape index (κ3) is 4.11. The lowest BCUT2D eigenvalue weighted by molar-refractivity contribution is 0.624. The zero-order valence-corrected chi connectivity index (χ0v) is 12.1. The Hall–Kier alpha value is -1.26. The van der Waals surface area contributed by atoms with Gasteiger partial charge in [0.05, 0.1) is 10.7 Å². The van der Waals surface area contributed by atoms with Crippen LogP contribution in [0, 0.1) is 5.82 Å². The molecule has 0 fully saturated rings. The van der Waals surface area contributed by atoms with E-state index in [1.807, 2.05) is 25.1 Å². The van der Waals surface area contributed by atoms with E-state index in [0.717, 1.165) is 23.0 Å². The molecule has 1 N–H and O–H groups in total. The van der Waals surface area contributed by atoms with Crippen LogP contribution in [0.4, 0.5) is 10.2 Å². The molecule has 19 heavy (non-hydrogen) atoms. The summed E-state index contributed by atoms with van der Waals surface area (Å²) in [6, 6.07) is 10.2. The molecular formula is C14H14ClFN2S. The maximum atomic E-state index is 13.1. The average Bonchev–Trinajstić information content (AvgIpc) is 2.40. The number of hydrogen-bond acceptors (Lipinski definition) is 3. The summed E-state index contributed by atoms with van der Waals surface area (Å²) in [6.45, 7) is 2.82. The normalized spacial score (nSPS) is 10.5. The predicted molar refractivity (Wildman–Crippen MR) is 79.4 cm³/mol. The second-order valence-electron chi connectivity index (χ2n) is 3.90. The van der Waals surface area contributed by atoms with Crippen molar-refractivity contribution >= 4 is 29.2 Å². The first-order chi connectivity index (χ1) is 9.19. The van der Waals surface area contributed by atoms with E-state index in [0.29, 0.717) is 10.8 Å². The van der Waals surface area contributed by atoms with Crippen molar-refractivity contribution in [1.29, 1.82) is 0 Å². The Morgan fingerprint density at radius 2 is 2.16 bits per heavy atom. The molecule has 0 saturated carbocycles. The summed E-state index contributed by atoms with van der Waals surface area (Å²) in [7, 11) is 0. The molecule has 2 nitrogen and oxygen atoms in total. The van der Waals surface area contributed by atoms with Crippen molar-refractivity contribution in [2.75, 3.05) is 11.9 Å². The van der Waals surface area contributed by atoms with Crippen LogP contribution in [-0.4, -0.2) is 11.5 Å². The van der Waals surface area contributed by atoms with Gasteiger partial charge >= 0.3 is 0 Å². The Balaban J connectivity index is 2.08. The summed E-state index contributed by atoms with van der Waals surface area (Å²) >= 11 is 7.63. The summed E-state index contributed by atoms with van der Waals surface area (Å²) in [5, 5.41) is 3.77. The van der Waals surface area contributed by atoms with E-state index in [2.05, 4.69) is 10.3 Å². The van der Waals surface area contributed by atoms with E-state index in [9.17, 15) is 4.39 Å². The number of halogens is 2. The zero-order valence-electron chi connectivity index (χ0n) is 10.5. The number of aromatic nitrogens is 1. The third-order valence-corrected chi connectivity index (χ3v) is 3.80. The van der Waals surface area contributed by atoms with Gasteiger partial charge in [-0.15, -0.1) is 11.8 Å². The van der Waals surface area contributed by atoms with Gasteiger partial charge in [0.15, 0.2) is 0 Å². The highest BCUT2D eigenvalue weighted by Gasteiger charge is 2.05. The standard InChI is InChI=1S/C14H14ClFN2S/c1-2-17-14-7-6-12(15)13(18-14)9-19-11-5-3-4-10(16)8-11/h3-8H,2,9H2,1H3,(H,17,18). The Morgan fingerprint density at radius 1 is 1.32 bits per heavy atom. The lowest BCUT2D eigenvalue weighted by Gasteiger charge is -2.07. The Kier molecular flexibility index (Phi) is 5.05. The van der Waals surface area contributed by atoms with Gasteiger partial charge < -0.3 is 5.32 Å². The third-order valence-electron chi connectivity index (χ3n) is 2.45. The van der Waals surface area contributed by atoms with Crippen molar-refractivity contribution in [3.8, 4) is 0 Å². The Morgan fingerprint density at radius 3 is 2.89 bits per heavy atom. The van der Waals surface area contributed by atoms with Gasteiger partial charge in [0, 0.05) is 17.2 Å². The quantitative estimate of drug-likeness (QED) is 0.816. The minimum absolute atomic E-state index is 0.231. The van der Waals surface area contributed by atoms with Crippen LogP contribution in [0.15, 0.2) is 41.3 Å². The fourth-order valence-electron chi connectivity index (χ4n) is 1.57. The number of thioether (sulfide) groups is 1. The van der Waals surface area contributed by atoms with E-state index in [-0.39, 0.29) is 5.82 Å². The summed E-state index contributed by atoms with van der Waals surface area (Å²) in [5.41, 5.74) is 0.800. The van der Waals surface area contributed by atoms with E-state index >= 15 is 0 Å². The number of benzene rings is 1. The Labute approximate surface area is 121 Å². The van der Waals surface area contributed by atoms with E-state index in [1.54, 1.807) is 6.07 Å². The first-order valence-corrected chi connectivity index (χ1v) is 7.33. The fourth-order valence-corrected chi connectivity index (χ4v) is 2.72. The molecule has 0 aliphatic heterocycles. The number of hydrogen-bond donors (Lipinski definition) is 1. The van der Waals surface area contributed by atoms with Gasteiger partial charge in [-0.05, 0) is 37.3 Å². The van der Waals surface area contributed by atoms with Crippen LogP contribution in [0.1, 0.15) is 12.6 Å².